The number of rotatable bonds is 1. The summed E-state index contributed by atoms with van der Waals surface area (Å²) in [6.07, 6.45) is 3.86. The van der Waals surface area contributed by atoms with E-state index in [1.54, 1.807) is 12.3 Å². The Labute approximate surface area is 101 Å². The second kappa shape index (κ2) is 4.18. The van der Waals surface area contributed by atoms with Gasteiger partial charge in [-0.1, -0.05) is 0 Å². The number of amides is 1. The molecule has 0 bridgehead atoms. The molecule has 2 aliphatic rings. The SMILES string of the molecule is Cc1occc1C(=O)N1CCC2NCCC2C1. The van der Waals surface area contributed by atoms with Crippen LogP contribution in [0.1, 0.15) is 29.0 Å². The minimum absolute atomic E-state index is 0.126. The van der Waals surface area contributed by atoms with E-state index in [2.05, 4.69) is 5.32 Å². The minimum Gasteiger partial charge on any atom is -0.469 e. The van der Waals surface area contributed by atoms with E-state index in [-0.39, 0.29) is 5.91 Å². The van der Waals surface area contributed by atoms with Gasteiger partial charge >= 0.3 is 0 Å². The molecule has 2 aliphatic heterocycles. The van der Waals surface area contributed by atoms with Crippen LogP contribution in [0.25, 0.3) is 0 Å². The quantitative estimate of drug-likeness (QED) is 0.799. The number of hydrogen-bond donors (Lipinski definition) is 1. The zero-order valence-corrected chi connectivity index (χ0v) is 10.1. The molecule has 1 amide bonds. The summed E-state index contributed by atoms with van der Waals surface area (Å²) in [7, 11) is 0. The molecule has 17 heavy (non-hydrogen) atoms. The summed E-state index contributed by atoms with van der Waals surface area (Å²) in [4.78, 5) is 14.3. The predicted molar refractivity (Wildman–Crippen MR) is 63.9 cm³/mol. The van der Waals surface area contributed by atoms with Gasteiger partial charge in [0.1, 0.15) is 5.76 Å². The first-order chi connectivity index (χ1) is 8.25. The Bertz CT molecular complexity index is 427. The van der Waals surface area contributed by atoms with Crippen LogP contribution in [0.3, 0.4) is 0 Å². The fraction of sp³-hybridized carbons (Fsp3) is 0.615. The lowest BCUT2D eigenvalue weighted by molar-refractivity contribution is 0.0660. The van der Waals surface area contributed by atoms with Gasteiger partial charge in [0.25, 0.3) is 5.91 Å². The van der Waals surface area contributed by atoms with E-state index in [9.17, 15) is 4.79 Å². The second-order valence-corrected chi connectivity index (χ2v) is 5.04. The van der Waals surface area contributed by atoms with E-state index in [1.807, 2.05) is 11.8 Å². The number of fused-ring (bicyclic) bond motifs is 1. The van der Waals surface area contributed by atoms with Crippen molar-refractivity contribution in [1.82, 2.24) is 10.2 Å². The number of hydrogen-bond acceptors (Lipinski definition) is 3. The lowest BCUT2D eigenvalue weighted by Crippen LogP contribution is -2.46. The van der Waals surface area contributed by atoms with E-state index >= 15 is 0 Å². The Kier molecular flexibility index (Phi) is 2.67. The van der Waals surface area contributed by atoms with Gasteiger partial charge in [0.2, 0.25) is 0 Å². The van der Waals surface area contributed by atoms with Gasteiger partial charge in [-0.05, 0) is 38.3 Å². The fourth-order valence-corrected chi connectivity index (χ4v) is 3.01. The van der Waals surface area contributed by atoms with Gasteiger partial charge in [0, 0.05) is 19.1 Å². The molecular weight excluding hydrogens is 216 g/mol. The zero-order chi connectivity index (χ0) is 11.8. The molecule has 0 aliphatic carbocycles. The van der Waals surface area contributed by atoms with Crippen molar-refractivity contribution in [2.24, 2.45) is 5.92 Å². The molecule has 3 heterocycles. The molecule has 2 atom stereocenters. The number of likely N-dealkylation sites (tertiary alicyclic amines) is 1. The first-order valence-electron chi connectivity index (χ1n) is 6.32. The number of nitrogens with one attached hydrogen (secondary N) is 1. The van der Waals surface area contributed by atoms with Gasteiger partial charge < -0.3 is 14.6 Å². The standard InChI is InChI=1S/C13H18N2O2/c1-9-11(4-7-17-9)13(16)15-6-3-12-10(8-15)2-5-14-12/h4,7,10,12,14H,2-3,5-6,8H2,1H3. The first kappa shape index (κ1) is 10.8. The third-order valence-corrected chi connectivity index (χ3v) is 4.03. The number of nitrogens with zero attached hydrogens (tertiary/aromatic N) is 1. The maximum atomic E-state index is 12.3. The highest BCUT2D eigenvalue weighted by Gasteiger charge is 2.34. The molecule has 3 rings (SSSR count). The van der Waals surface area contributed by atoms with Gasteiger partial charge in [0.15, 0.2) is 0 Å². The van der Waals surface area contributed by atoms with Crippen molar-refractivity contribution in [3.8, 4) is 0 Å². The maximum absolute atomic E-state index is 12.3. The summed E-state index contributed by atoms with van der Waals surface area (Å²) >= 11 is 0. The summed E-state index contributed by atoms with van der Waals surface area (Å²) in [5, 5.41) is 3.51. The van der Waals surface area contributed by atoms with Crippen molar-refractivity contribution in [2.45, 2.75) is 25.8 Å². The predicted octanol–water partition coefficient (Wildman–Crippen LogP) is 1.41. The molecule has 0 saturated carbocycles. The van der Waals surface area contributed by atoms with Crippen LogP contribution in [-0.4, -0.2) is 36.5 Å². The Balaban J connectivity index is 1.73. The molecule has 0 aromatic carbocycles. The molecule has 0 radical (unpaired) electrons. The lowest BCUT2D eigenvalue weighted by Gasteiger charge is -2.34. The van der Waals surface area contributed by atoms with Gasteiger partial charge in [-0.15, -0.1) is 0 Å². The summed E-state index contributed by atoms with van der Waals surface area (Å²) in [5.41, 5.74) is 0.717. The zero-order valence-electron chi connectivity index (χ0n) is 10.1. The van der Waals surface area contributed by atoms with Crippen LogP contribution in [0, 0.1) is 12.8 Å². The highest BCUT2D eigenvalue weighted by atomic mass is 16.3. The van der Waals surface area contributed by atoms with Crippen LogP contribution in [-0.2, 0) is 0 Å². The normalized spacial score (nSPS) is 28.2. The molecule has 4 heteroatoms. The first-order valence-corrected chi connectivity index (χ1v) is 6.32. The molecule has 2 unspecified atom stereocenters. The average molecular weight is 234 g/mol. The van der Waals surface area contributed by atoms with E-state index in [0.717, 1.165) is 37.4 Å². The molecule has 1 aromatic rings. The molecule has 0 spiro atoms. The van der Waals surface area contributed by atoms with Crippen molar-refractivity contribution in [1.29, 1.82) is 0 Å². The summed E-state index contributed by atoms with van der Waals surface area (Å²) < 4.78 is 5.20. The Morgan fingerprint density at radius 2 is 2.41 bits per heavy atom. The smallest absolute Gasteiger partial charge is 0.257 e. The Morgan fingerprint density at radius 3 is 3.18 bits per heavy atom. The Morgan fingerprint density at radius 1 is 1.53 bits per heavy atom. The molecule has 2 saturated heterocycles. The van der Waals surface area contributed by atoms with Crippen molar-refractivity contribution in [2.75, 3.05) is 19.6 Å². The number of piperidine rings is 1. The van der Waals surface area contributed by atoms with Crippen molar-refractivity contribution in [3.63, 3.8) is 0 Å². The minimum atomic E-state index is 0.126. The highest BCUT2D eigenvalue weighted by molar-refractivity contribution is 5.95. The van der Waals surface area contributed by atoms with Gasteiger partial charge in [-0.25, -0.2) is 0 Å². The molecule has 4 nitrogen and oxygen atoms in total. The largest absolute Gasteiger partial charge is 0.469 e. The number of furan rings is 1. The van der Waals surface area contributed by atoms with Crippen LogP contribution in [0.5, 0.6) is 0 Å². The number of carbonyl (C=O) groups excluding carboxylic acids is 1. The lowest BCUT2D eigenvalue weighted by atomic mass is 9.93. The average Bonchev–Trinajstić information content (AvgIpc) is 2.95. The summed E-state index contributed by atoms with van der Waals surface area (Å²) in [5.74, 6) is 1.49. The van der Waals surface area contributed by atoms with E-state index in [0.29, 0.717) is 12.0 Å². The van der Waals surface area contributed by atoms with Gasteiger partial charge in [0.05, 0.1) is 11.8 Å². The summed E-state index contributed by atoms with van der Waals surface area (Å²) in [6.45, 7) is 4.69. The molecular formula is C13H18N2O2. The maximum Gasteiger partial charge on any atom is 0.257 e. The topological polar surface area (TPSA) is 45.5 Å². The van der Waals surface area contributed by atoms with E-state index < -0.39 is 0 Å². The van der Waals surface area contributed by atoms with Gasteiger partial charge in [-0.2, -0.15) is 0 Å². The highest BCUT2D eigenvalue weighted by Crippen LogP contribution is 2.26. The summed E-state index contributed by atoms with van der Waals surface area (Å²) in [6, 6.07) is 2.40. The second-order valence-electron chi connectivity index (χ2n) is 5.04. The van der Waals surface area contributed by atoms with E-state index in [4.69, 9.17) is 4.42 Å². The van der Waals surface area contributed by atoms with Crippen molar-refractivity contribution < 1.29 is 9.21 Å². The molecule has 92 valence electrons. The molecule has 1 aromatic heterocycles. The fourth-order valence-electron chi connectivity index (χ4n) is 3.01. The van der Waals surface area contributed by atoms with E-state index in [1.165, 1.54) is 6.42 Å². The van der Waals surface area contributed by atoms with Crippen LogP contribution >= 0.6 is 0 Å². The third kappa shape index (κ3) is 1.86. The monoisotopic (exact) mass is 234 g/mol. The van der Waals surface area contributed by atoms with Crippen LogP contribution in [0.15, 0.2) is 16.7 Å². The van der Waals surface area contributed by atoms with Crippen molar-refractivity contribution in [3.05, 3.63) is 23.7 Å². The van der Waals surface area contributed by atoms with Crippen LogP contribution in [0.4, 0.5) is 0 Å². The van der Waals surface area contributed by atoms with Gasteiger partial charge in [-0.3, -0.25) is 4.79 Å². The number of aryl methyl sites for hydroxylation is 1. The molecule has 1 N–H and O–H groups in total. The Hall–Kier alpha value is -1.29. The van der Waals surface area contributed by atoms with Crippen molar-refractivity contribution >= 4 is 5.91 Å². The number of carbonyl (C=O) groups is 1. The van der Waals surface area contributed by atoms with Crippen LogP contribution < -0.4 is 5.32 Å². The third-order valence-electron chi connectivity index (χ3n) is 4.03. The van der Waals surface area contributed by atoms with Crippen LogP contribution in [0.2, 0.25) is 0 Å². The molecule has 2 fully saturated rings.